The summed E-state index contributed by atoms with van der Waals surface area (Å²) in [5.41, 5.74) is -0.140. The summed E-state index contributed by atoms with van der Waals surface area (Å²) in [6.07, 6.45) is 6.52. The van der Waals surface area contributed by atoms with E-state index in [0.29, 0.717) is 13.2 Å². The van der Waals surface area contributed by atoms with Crippen LogP contribution in [0.15, 0.2) is 42.0 Å². The second-order valence-electron chi connectivity index (χ2n) is 6.80. The fourth-order valence-corrected chi connectivity index (χ4v) is 4.58. The van der Waals surface area contributed by atoms with Gasteiger partial charge in [-0.3, -0.25) is 9.78 Å². The van der Waals surface area contributed by atoms with Gasteiger partial charge in [-0.25, -0.2) is 0 Å². The first-order chi connectivity index (χ1) is 12.3. The maximum atomic E-state index is 12.8. The molecular formula is C19H22N2O3S. The van der Waals surface area contributed by atoms with Gasteiger partial charge in [0.15, 0.2) is 0 Å². The number of thiophene rings is 1. The molecule has 25 heavy (non-hydrogen) atoms. The van der Waals surface area contributed by atoms with Gasteiger partial charge in [-0.2, -0.15) is 0 Å². The molecule has 2 aliphatic heterocycles. The van der Waals surface area contributed by atoms with Gasteiger partial charge in [0, 0.05) is 31.3 Å². The molecule has 0 aromatic carbocycles. The van der Waals surface area contributed by atoms with Crippen LogP contribution >= 0.6 is 11.3 Å². The van der Waals surface area contributed by atoms with E-state index in [1.54, 1.807) is 12.4 Å². The summed E-state index contributed by atoms with van der Waals surface area (Å²) in [6, 6.07) is 7.61. The summed E-state index contributed by atoms with van der Waals surface area (Å²) >= 11 is 1.50. The lowest BCUT2D eigenvalue weighted by molar-refractivity contribution is -0.133. The molecule has 0 radical (unpaired) electrons. The topological polar surface area (TPSA) is 51.7 Å². The average molecular weight is 358 g/mol. The van der Waals surface area contributed by atoms with Gasteiger partial charge in [0.2, 0.25) is 0 Å². The Morgan fingerprint density at radius 1 is 1.44 bits per heavy atom. The molecule has 2 fully saturated rings. The number of ether oxygens (including phenoxy) is 2. The third kappa shape index (κ3) is 3.41. The van der Waals surface area contributed by atoms with Crippen LogP contribution in [0.5, 0.6) is 5.75 Å². The minimum absolute atomic E-state index is 0.125. The third-order valence-electron chi connectivity index (χ3n) is 5.17. The second-order valence-corrected chi connectivity index (χ2v) is 7.74. The van der Waals surface area contributed by atoms with Gasteiger partial charge in [-0.15, -0.1) is 11.3 Å². The first kappa shape index (κ1) is 16.5. The number of hydrogen-bond donors (Lipinski definition) is 0. The largest absolute Gasteiger partial charge is 0.491 e. The maximum Gasteiger partial charge on any atom is 0.263 e. The highest BCUT2D eigenvalue weighted by Crippen LogP contribution is 2.41. The van der Waals surface area contributed by atoms with Crippen molar-refractivity contribution in [3.05, 3.63) is 46.9 Å². The van der Waals surface area contributed by atoms with Crippen molar-refractivity contribution in [1.82, 2.24) is 9.88 Å². The molecule has 0 spiro atoms. The van der Waals surface area contributed by atoms with E-state index in [9.17, 15) is 4.79 Å². The van der Waals surface area contributed by atoms with Gasteiger partial charge in [-0.1, -0.05) is 6.07 Å². The lowest BCUT2D eigenvalue weighted by Crippen LogP contribution is -2.58. The Labute approximate surface area is 151 Å². The van der Waals surface area contributed by atoms with Crippen LogP contribution in [0, 0.1) is 5.41 Å². The van der Waals surface area contributed by atoms with Crippen molar-refractivity contribution < 1.29 is 14.3 Å². The monoisotopic (exact) mass is 358 g/mol. The standard InChI is InChI=1S/C19H22N2O3S/c22-18(16-5-2-11-25-16)21-9-6-17-19(13-21,7-3-10-23-17)14-24-15-4-1-8-20-12-15/h1-2,4-5,8,11-12,17H,3,6-7,9-10,13-14H2. The van der Waals surface area contributed by atoms with E-state index in [1.165, 1.54) is 11.3 Å². The van der Waals surface area contributed by atoms with Gasteiger partial charge >= 0.3 is 0 Å². The summed E-state index contributed by atoms with van der Waals surface area (Å²) in [4.78, 5) is 19.7. The molecule has 2 aliphatic rings. The Balaban J connectivity index is 1.51. The zero-order chi connectivity index (χ0) is 17.1. The molecule has 2 aromatic rings. The number of pyridine rings is 1. The van der Waals surface area contributed by atoms with Crippen LogP contribution < -0.4 is 4.74 Å². The summed E-state index contributed by atoms with van der Waals surface area (Å²) in [5, 5.41) is 1.95. The van der Waals surface area contributed by atoms with Gasteiger partial charge in [0.1, 0.15) is 5.75 Å². The van der Waals surface area contributed by atoms with Crippen LogP contribution in [-0.4, -0.2) is 48.2 Å². The lowest BCUT2D eigenvalue weighted by Gasteiger charge is -2.50. The number of aromatic nitrogens is 1. The van der Waals surface area contributed by atoms with E-state index >= 15 is 0 Å². The normalized spacial score (nSPS) is 26.1. The summed E-state index contributed by atoms with van der Waals surface area (Å²) in [6.45, 7) is 2.79. The number of rotatable bonds is 4. The number of likely N-dealkylation sites (tertiary alicyclic amines) is 1. The maximum absolute atomic E-state index is 12.8. The van der Waals surface area contributed by atoms with Crippen LogP contribution in [0.3, 0.4) is 0 Å². The fourth-order valence-electron chi connectivity index (χ4n) is 3.89. The number of carbonyl (C=O) groups is 1. The molecule has 2 atom stereocenters. The fraction of sp³-hybridized carbons (Fsp3) is 0.474. The number of fused-ring (bicyclic) bond motifs is 1. The van der Waals surface area contributed by atoms with Crippen LogP contribution in [0.1, 0.15) is 28.9 Å². The van der Waals surface area contributed by atoms with Gasteiger partial charge < -0.3 is 14.4 Å². The molecule has 0 saturated carbocycles. The molecule has 2 aromatic heterocycles. The first-order valence-electron chi connectivity index (χ1n) is 8.74. The van der Waals surface area contributed by atoms with E-state index in [2.05, 4.69) is 4.98 Å². The molecule has 1 amide bonds. The molecule has 6 heteroatoms. The zero-order valence-electron chi connectivity index (χ0n) is 14.1. The molecule has 132 valence electrons. The highest BCUT2D eigenvalue weighted by molar-refractivity contribution is 7.12. The third-order valence-corrected chi connectivity index (χ3v) is 6.03. The van der Waals surface area contributed by atoms with Crippen molar-refractivity contribution >= 4 is 17.2 Å². The average Bonchev–Trinajstić information content (AvgIpc) is 3.21. The molecule has 4 rings (SSSR count). The summed E-state index contributed by atoms with van der Waals surface area (Å²) in [7, 11) is 0. The van der Waals surface area contributed by atoms with Crippen LogP contribution in [0.2, 0.25) is 0 Å². The van der Waals surface area contributed by atoms with E-state index in [4.69, 9.17) is 9.47 Å². The van der Waals surface area contributed by atoms with Crippen LogP contribution in [-0.2, 0) is 4.74 Å². The molecule has 4 heterocycles. The van der Waals surface area contributed by atoms with E-state index in [0.717, 1.165) is 43.0 Å². The molecule has 5 nitrogen and oxygen atoms in total. The minimum Gasteiger partial charge on any atom is -0.491 e. The number of carbonyl (C=O) groups excluding carboxylic acids is 1. The van der Waals surface area contributed by atoms with Gasteiger partial charge in [-0.05, 0) is 42.8 Å². The SMILES string of the molecule is O=C(c1cccs1)N1CCC2OCCCC2(COc2cccnc2)C1. The highest BCUT2D eigenvalue weighted by Gasteiger charge is 2.47. The van der Waals surface area contributed by atoms with Crippen molar-refractivity contribution in [3.63, 3.8) is 0 Å². The second kappa shape index (κ2) is 7.14. The van der Waals surface area contributed by atoms with Crippen molar-refractivity contribution in [2.75, 3.05) is 26.3 Å². The Kier molecular flexibility index (Phi) is 4.72. The van der Waals surface area contributed by atoms with Crippen molar-refractivity contribution in [2.45, 2.75) is 25.4 Å². The molecule has 0 bridgehead atoms. The number of hydrogen-bond acceptors (Lipinski definition) is 5. The molecule has 2 saturated heterocycles. The quantitative estimate of drug-likeness (QED) is 0.842. The summed E-state index contributed by atoms with van der Waals surface area (Å²) < 4.78 is 12.1. The Morgan fingerprint density at radius 2 is 2.40 bits per heavy atom. The molecular weight excluding hydrogens is 336 g/mol. The molecule has 2 unspecified atom stereocenters. The number of piperidine rings is 1. The van der Waals surface area contributed by atoms with E-state index < -0.39 is 0 Å². The van der Waals surface area contributed by atoms with Crippen molar-refractivity contribution in [2.24, 2.45) is 5.41 Å². The first-order valence-corrected chi connectivity index (χ1v) is 9.62. The van der Waals surface area contributed by atoms with E-state index in [1.807, 2.05) is 34.5 Å². The molecule has 0 aliphatic carbocycles. The minimum atomic E-state index is -0.140. The predicted octanol–water partition coefficient (Wildman–Crippen LogP) is 3.23. The Morgan fingerprint density at radius 3 is 3.20 bits per heavy atom. The van der Waals surface area contributed by atoms with Crippen LogP contribution in [0.25, 0.3) is 0 Å². The predicted molar refractivity (Wildman–Crippen MR) is 96.0 cm³/mol. The summed E-state index contributed by atoms with van der Waals surface area (Å²) in [5.74, 6) is 0.891. The van der Waals surface area contributed by atoms with Crippen molar-refractivity contribution in [1.29, 1.82) is 0 Å². The van der Waals surface area contributed by atoms with Crippen LogP contribution in [0.4, 0.5) is 0 Å². The molecule has 0 N–H and O–H groups in total. The number of amides is 1. The zero-order valence-corrected chi connectivity index (χ0v) is 14.9. The highest BCUT2D eigenvalue weighted by atomic mass is 32.1. The van der Waals surface area contributed by atoms with Gasteiger partial charge in [0.25, 0.3) is 5.91 Å². The Bertz CT molecular complexity index is 707. The van der Waals surface area contributed by atoms with Gasteiger partial charge in [0.05, 0.1) is 23.8 Å². The smallest absolute Gasteiger partial charge is 0.263 e. The van der Waals surface area contributed by atoms with E-state index in [-0.39, 0.29) is 17.4 Å². The number of nitrogens with zero attached hydrogens (tertiary/aromatic N) is 2. The van der Waals surface area contributed by atoms with Crippen molar-refractivity contribution in [3.8, 4) is 5.75 Å². The Hall–Kier alpha value is -1.92. The lowest BCUT2D eigenvalue weighted by atomic mass is 9.73.